The number of aldehydes is 1. The lowest BCUT2D eigenvalue weighted by atomic mass is 9.97. The van der Waals surface area contributed by atoms with Gasteiger partial charge in [-0.2, -0.15) is 0 Å². The van der Waals surface area contributed by atoms with Crippen molar-refractivity contribution in [2.24, 2.45) is 17.2 Å². The number of phenolic OH excluding ortho intramolecular Hbond substituents is 1. The molecule has 1 aromatic rings. The second kappa shape index (κ2) is 15.9. The van der Waals surface area contributed by atoms with E-state index in [1.807, 2.05) is 0 Å². The van der Waals surface area contributed by atoms with Crippen molar-refractivity contribution in [1.82, 2.24) is 0 Å². The zero-order valence-electron chi connectivity index (χ0n) is 16.7. The van der Waals surface area contributed by atoms with Crippen LogP contribution in [0, 0.1) is 0 Å². The Hall–Kier alpha value is -2.16. The lowest BCUT2D eigenvalue weighted by Gasteiger charge is -2.15. The Morgan fingerprint density at radius 1 is 1.29 bits per heavy atom. The molecule has 0 bridgehead atoms. The normalized spacial score (nSPS) is 14.6. The van der Waals surface area contributed by atoms with Gasteiger partial charge in [-0.3, -0.25) is 9.59 Å². The number of carboxylic acid groups (broad SMARTS) is 1. The number of rotatable bonds is 7. The van der Waals surface area contributed by atoms with Crippen LogP contribution >= 0.6 is 0 Å². The van der Waals surface area contributed by atoms with E-state index >= 15 is 0 Å². The van der Waals surface area contributed by atoms with Crippen LogP contribution in [-0.2, 0) is 4.79 Å². The number of carbonyl (C=O) groups excluding carboxylic acids is 1. The monoisotopic (exact) mass is 397 g/mol. The number of phenols is 1. The first-order valence-electron chi connectivity index (χ1n) is 9.61. The smallest absolute Gasteiger partial charge is 0.320 e. The van der Waals surface area contributed by atoms with E-state index in [1.54, 1.807) is 12.1 Å². The molecule has 2 rings (SSSR count). The summed E-state index contributed by atoms with van der Waals surface area (Å²) in [6, 6.07) is 4.29. The van der Waals surface area contributed by atoms with Gasteiger partial charge in [0.2, 0.25) is 0 Å². The van der Waals surface area contributed by atoms with Gasteiger partial charge in [-0.25, -0.2) is 0 Å². The molecule has 0 unspecified atom stereocenters. The summed E-state index contributed by atoms with van der Waals surface area (Å²) < 4.78 is 4.78. The third-order valence-electron chi connectivity index (χ3n) is 4.28. The maximum absolute atomic E-state index is 10.2. The van der Waals surface area contributed by atoms with Gasteiger partial charge in [0.25, 0.3) is 0 Å². The highest BCUT2D eigenvalue weighted by molar-refractivity contribution is 5.76. The maximum Gasteiger partial charge on any atom is 0.320 e. The van der Waals surface area contributed by atoms with Crippen molar-refractivity contribution in [2.75, 3.05) is 13.7 Å². The average Bonchev–Trinajstić information content (AvgIpc) is 2.69. The molecule has 0 radical (unpaired) electrons. The fraction of sp³-hybridized carbons (Fsp3) is 0.600. The first-order chi connectivity index (χ1) is 13.3. The largest absolute Gasteiger partial charge is 0.504 e. The summed E-state index contributed by atoms with van der Waals surface area (Å²) in [6.45, 7) is 0.604. The van der Waals surface area contributed by atoms with E-state index in [-0.39, 0.29) is 5.75 Å². The zero-order chi connectivity index (χ0) is 21.4. The molecule has 160 valence electrons. The van der Waals surface area contributed by atoms with Crippen LogP contribution in [0.4, 0.5) is 0 Å². The number of benzene rings is 1. The molecule has 1 fully saturated rings. The molecule has 8 heteroatoms. The van der Waals surface area contributed by atoms with Crippen LogP contribution in [0.15, 0.2) is 18.2 Å². The van der Waals surface area contributed by atoms with E-state index in [1.165, 1.54) is 45.3 Å². The minimum absolute atomic E-state index is 0.0166. The average molecular weight is 398 g/mol. The van der Waals surface area contributed by atoms with Crippen LogP contribution in [0.3, 0.4) is 0 Å². The van der Waals surface area contributed by atoms with Crippen LogP contribution in [0.25, 0.3) is 0 Å². The predicted molar refractivity (Wildman–Crippen MR) is 110 cm³/mol. The Morgan fingerprint density at radius 2 is 1.93 bits per heavy atom. The number of ether oxygens (including phenoxy) is 1. The van der Waals surface area contributed by atoms with Crippen LogP contribution in [0.5, 0.6) is 11.5 Å². The highest BCUT2D eigenvalue weighted by Gasteiger charge is 2.09. The second-order valence-corrected chi connectivity index (χ2v) is 6.68. The standard InChI is InChI=1S/C8H8O3.C6H14N2O2.C6H13N/c1-11-8-3-2-6(5-9)4-7(8)10;7-4-2-1-3-5(8)6(9)10;7-6-4-2-1-3-5-6/h2-5,10H,1H3;5H,1-4,7-8H2,(H,9,10);6H,1-5,7H2/t;5-;/m.0./s1. The molecule has 1 aliphatic carbocycles. The van der Waals surface area contributed by atoms with Crippen molar-refractivity contribution in [3.63, 3.8) is 0 Å². The molecule has 1 atom stereocenters. The predicted octanol–water partition coefficient (Wildman–Crippen LogP) is 2.02. The van der Waals surface area contributed by atoms with Crippen molar-refractivity contribution in [3.05, 3.63) is 23.8 Å². The third kappa shape index (κ3) is 12.3. The van der Waals surface area contributed by atoms with E-state index in [0.29, 0.717) is 36.6 Å². The molecule has 0 aliphatic heterocycles. The number of aliphatic carboxylic acids is 1. The molecule has 1 aliphatic rings. The summed E-state index contributed by atoms with van der Waals surface area (Å²) in [4.78, 5) is 20.3. The number of unbranched alkanes of at least 4 members (excludes halogenated alkanes) is 1. The van der Waals surface area contributed by atoms with E-state index < -0.39 is 12.0 Å². The van der Waals surface area contributed by atoms with Crippen LogP contribution in [0.1, 0.15) is 61.7 Å². The Balaban J connectivity index is 0.000000400. The number of hydrogen-bond acceptors (Lipinski definition) is 7. The first-order valence-corrected chi connectivity index (χ1v) is 9.61. The van der Waals surface area contributed by atoms with Crippen LogP contribution in [0.2, 0.25) is 0 Å². The highest BCUT2D eigenvalue weighted by Crippen LogP contribution is 2.25. The quantitative estimate of drug-likeness (QED) is 0.345. The van der Waals surface area contributed by atoms with Crippen molar-refractivity contribution in [1.29, 1.82) is 0 Å². The fourth-order valence-corrected chi connectivity index (χ4v) is 2.55. The molecule has 1 aromatic carbocycles. The number of aromatic hydroxyl groups is 1. The molecule has 0 aromatic heterocycles. The Labute approximate surface area is 167 Å². The highest BCUT2D eigenvalue weighted by atomic mass is 16.5. The number of hydrogen-bond donors (Lipinski definition) is 5. The molecule has 8 N–H and O–H groups in total. The molecular weight excluding hydrogens is 362 g/mol. The Morgan fingerprint density at radius 3 is 2.32 bits per heavy atom. The summed E-state index contributed by atoms with van der Waals surface area (Å²) in [6.07, 6.45) is 9.49. The summed E-state index contributed by atoms with van der Waals surface area (Å²) in [5.41, 5.74) is 16.5. The maximum atomic E-state index is 10.2. The fourth-order valence-electron chi connectivity index (χ4n) is 2.55. The van der Waals surface area contributed by atoms with E-state index in [2.05, 4.69) is 0 Å². The number of nitrogens with two attached hydrogens (primary N) is 3. The van der Waals surface area contributed by atoms with E-state index in [4.69, 9.17) is 32.2 Å². The molecule has 28 heavy (non-hydrogen) atoms. The van der Waals surface area contributed by atoms with Gasteiger partial charge in [-0.05, 0) is 50.4 Å². The molecule has 0 saturated heterocycles. The minimum Gasteiger partial charge on any atom is -0.504 e. The minimum atomic E-state index is -0.933. The summed E-state index contributed by atoms with van der Waals surface area (Å²) in [7, 11) is 1.45. The van der Waals surface area contributed by atoms with Crippen molar-refractivity contribution in [3.8, 4) is 11.5 Å². The lowest BCUT2D eigenvalue weighted by Crippen LogP contribution is -2.29. The molecular formula is C20H35N3O5. The molecule has 8 nitrogen and oxygen atoms in total. The first kappa shape index (κ1) is 25.8. The lowest BCUT2D eigenvalue weighted by molar-refractivity contribution is -0.138. The Bertz CT molecular complexity index is 563. The van der Waals surface area contributed by atoms with Gasteiger partial charge in [0.1, 0.15) is 12.3 Å². The van der Waals surface area contributed by atoms with Crippen LogP contribution < -0.4 is 21.9 Å². The third-order valence-corrected chi connectivity index (χ3v) is 4.28. The molecule has 0 heterocycles. The van der Waals surface area contributed by atoms with E-state index in [0.717, 1.165) is 12.8 Å². The van der Waals surface area contributed by atoms with Gasteiger partial charge in [0.15, 0.2) is 11.5 Å². The second-order valence-electron chi connectivity index (χ2n) is 6.68. The van der Waals surface area contributed by atoms with Gasteiger partial charge in [0, 0.05) is 11.6 Å². The van der Waals surface area contributed by atoms with Crippen molar-refractivity contribution >= 4 is 12.3 Å². The molecule has 0 amide bonds. The van der Waals surface area contributed by atoms with Gasteiger partial charge < -0.3 is 32.2 Å². The summed E-state index contributed by atoms with van der Waals surface area (Å²) in [5.74, 6) is -0.579. The summed E-state index contributed by atoms with van der Waals surface area (Å²) >= 11 is 0. The van der Waals surface area contributed by atoms with Gasteiger partial charge >= 0.3 is 5.97 Å². The van der Waals surface area contributed by atoms with Gasteiger partial charge in [0.05, 0.1) is 7.11 Å². The SMILES string of the molecule is COc1ccc(C=O)cc1O.NC1CCCCC1.NCCCC[C@H](N)C(=O)O. The van der Waals surface area contributed by atoms with Crippen molar-refractivity contribution in [2.45, 2.75) is 63.5 Å². The van der Waals surface area contributed by atoms with E-state index in [9.17, 15) is 9.59 Å². The summed E-state index contributed by atoms with van der Waals surface area (Å²) in [5, 5.41) is 17.5. The number of carboxylic acids is 1. The number of methoxy groups -OCH3 is 1. The zero-order valence-corrected chi connectivity index (χ0v) is 16.7. The van der Waals surface area contributed by atoms with Crippen LogP contribution in [-0.4, -0.2) is 48.2 Å². The van der Waals surface area contributed by atoms with Gasteiger partial charge in [-0.1, -0.05) is 25.7 Å². The molecule has 1 saturated carbocycles. The molecule has 0 spiro atoms. The number of carbonyl (C=O) groups is 2. The van der Waals surface area contributed by atoms with Gasteiger partial charge in [-0.15, -0.1) is 0 Å². The van der Waals surface area contributed by atoms with Crippen molar-refractivity contribution < 1.29 is 24.5 Å². The Kier molecular flexibility index (Phi) is 14.6. The topological polar surface area (TPSA) is 162 Å².